The van der Waals surface area contributed by atoms with E-state index < -0.39 is 5.82 Å². The first-order valence-corrected chi connectivity index (χ1v) is 8.34. The molecule has 0 saturated carbocycles. The Morgan fingerprint density at radius 1 is 1.38 bits per heavy atom. The molecule has 0 unspecified atom stereocenters. The van der Waals surface area contributed by atoms with Crippen molar-refractivity contribution in [2.24, 2.45) is 0 Å². The zero-order valence-electron chi connectivity index (χ0n) is 14.0. The highest BCUT2D eigenvalue weighted by atomic mass is 35.5. The molecule has 0 saturated heterocycles. The molecule has 2 aromatic heterocycles. The summed E-state index contributed by atoms with van der Waals surface area (Å²) in [6.45, 7) is 2.79. The monoisotopic (exact) mass is 374 g/mol. The fraction of sp³-hybridized carbons (Fsp3) is 0.158. The smallest absolute Gasteiger partial charge is 0.189 e. The summed E-state index contributed by atoms with van der Waals surface area (Å²) >= 11 is 5.90. The maximum Gasteiger partial charge on any atom is 0.189 e. The van der Waals surface area contributed by atoms with Crippen LogP contribution in [-0.2, 0) is 13.2 Å². The highest BCUT2D eigenvalue weighted by molar-refractivity contribution is 6.32. The van der Waals surface area contributed by atoms with Crippen LogP contribution in [0.25, 0.3) is 6.08 Å². The van der Waals surface area contributed by atoms with E-state index in [2.05, 4.69) is 5.10 Å². The Kier molecular flexibility index (Phi) is 5.53. The molecule has 0 aliphatic carbocycles. The lowest BCUT2D eigenvalue weighted by Crippen LogP contribution is -1.95. The predicted octanol–water partition coefficient (Wildman–Crippen LogP) is 4.76. The van der Waals surface area contributed by atoms with Gasteiger partial charge in [0.15, 0.2) is 5.78 Å². The summed E-state index contributed by atoms with van der Waals surface area (Å²) in [5.74, 6) is 0.852. The first-order chi connectivity index (χ1) is 12.5. The largest absolute Gasteiger partial charge is 0.484 e. The van der Waals surface area contributed by atoms with Gasteiger partial charge in [0, 0.05) is 12.7 Å². The molecule has 7 heteroatoms. The molecule has 0 bridgehead atoms. The summed E-state index contributed by atoms with van der Waals surface area (Å²) in [6, 6.07) is 7.36. The van der Waals surface area contributed by atoms with Gasteiger partial charge in [-0.15, -0.1) is 0 Å². The number of hydrogen-bond acceptors (Lipinski definition) is 4. The van der Waals surface area contributed by atoms with Crippen molar-refractivity contribution >= 4 is 23.5 Å². The van der Waals surface area contributed by atoms with Crippen molar-refractivity contribution in [3.8, 4) is 5.75 Å². The fourth-order valence-corrected chi connectivity index (χ4v) is 2.44. The lowest BCUT2D eigenvalue weighted by atomic mass is 10.2. The quantitative estimate of drug-likeness (QED) is 0.442. The Bertz CT molecular complexity index is 946. The lowest BCUT2D eigenvalue weighted by Gasteiger charge is -2.05. The average molecular weight is 375 g/mol. The molecule has 26 heavy (non-hydrogen) atoms. The lowest BCUT2D eigenvalue weighted by molar-refractivity contribution is 0.104. The number of carbonyl (C=O) groups is 1. The summed E-state index contributed by atoms with van der Waals surface area (Å²) in [4.78, 5) is 12.1. The Hall–Kier alpha value is -2.86. The van der Waals surface area contributed by atoms with Crippen LogP contribution in [0.1, 0.15) is 28.8 Å². The summed E-state index contributed by atoms with van der Waals surface area (Å²) in [7, 11) is 0. The second-order valence-electron chi connectivity index (χ2n) is 5.45. The summed E-state index contributed by atoms with van der Waals surface area (Å²) in [5.41, 5.74) is 0.518. The van der Waals surface area contributed by atoms with Crippen LogP contribution in [0.5, 0.6) is 5.75 Å². The first-order valence-electron chi connectivity index (χ1n) is 7.96. The Morgan fingerprint density at radius 2 is 2.23 bits per heavy atom. The third kappa shape index (κ3) is 4.40. The number of benzene rings is 1. The molecule has 0 N–H and O–H groups in total. The molecule has 0 fully saturated rings. The number of nitrogens with zero attached hydrogens (tertiary/aromatic N) is 2. The van der Waals surface area contributed by atoms with Gasteiger partial charge in [-0.1, -0.05) is 11.6 Å². The van der Waals surface area contributed by atoms with Crippen molar-refractivity contribution < 1.29 is 18.3 Å². The second kappa shape index (κ2) is 8.01. The number of ether oxygens (including phenoxy) is 1. The van der Waals surface area contributed by atoms with Crippen LogP contribution in [0.2, 0.25) is 5.02 Å². The number of carbonyl (C=O) groups excluding carboxylic acids is 1. The van der Waals surface area contributed by atoms with Crippen molar-refractivity contribution in [2.45, 2.75) is 20.1 Å². The highest BCUT2D eigenvalue weighted by Gasteiger charge is 2.07. The van der Waals surface area contributed by atoms with E-state index in [1.165, 1.54) is 30.5 Å². The third-order valence-corrected chi connectivity index (χ3v) is 3.88. The van der Waals surface area contributed by atoms with Gasteiger partial charge in [0.05, 0.1) is 16.8 Å². The van der Waals surface area contributed by atoms with Gasteiger partial charge >= 0.3 is 0 Å². The SMILES string of the molecule is CCn1cc(C(=O)/C=C/c2ccc(COc3ccc(F)cc3Cl)o2)cn1. The van der Waals surface area contributed by atoms with E-state index in [4.69, 9.17) is 20.8 Å². The summed E-state index contributed by atoms with van der Waals surface area (Å²) in [6.07, 6.45) is 6.24. The minimum absolute atomic E-state index is 0.135. The van der Waals surface area contributed by atoms with E-state index in [9.17, 15) is 9.18 Å². The number of ketones is 1. The van der Waals surface area contributed by atoms with E-state index >= 15 is 0 Å². The Morgan fingerprint density at radius 3 is 2.96 bits per heavy atom. The van der Waals surface area contributed by atoms with Crippen molar-refractivity contribution in [2.75, 3.05) is 0 Å². The normalized spacial score (nSPS) is 11.2. The maximum atomic E-state index is 13.0. The van der Waals surface area contributed by atoms with Crippen molar-refractivity contribution in [1.29, 1.82) is 0 Å². The number of furan rings is 1. The molecule has 0 amide bonds. The van der Waals surface area contributed by atoms with Crippen LogP contribution >= 0.6 is 11.6 Å². The molecule has 0 aliphatic heterocycles. The van der Waals surface area contributed by atoms with Gasteiger partial charge in [-0.2, -0.15) is 5.10 Å². The first kappa shape index (κ1) is 17.9. The number of halogens is 2. The molecule has 5 nitrogen and oxygen atoms in total. The van der Waals surface area contributed by atoms with Crippen LogP contribution < -0.4 is 4.74 Å². The molecule has 2 heterocycles. The topological polar surface area (TPSA) is 57.3 Å². The molecule has 3 rings (SSSR count). The molecule has 0 aliphatic rings. The predicted molar refractivity (Wildman–Crippen MR) is 95.7 cm³/mol. The number of aryl methyl sites for hydroxylation is 1. The minimum atomic E-state index is -0.429. The molecule has 0 atom stereocenters. The Labute approximate surface area is 154 Å². The third-order valence-electron chi connectivity index (χ3n) is 3.59. The number of hydrogen-bond donors (Lipinski definition) is 0. The van der Waals surface area contributed by atoms with E-state index in [0.717, 1.165) is 0 Å². The van der Waals surface area contributed by atoms with Gasteiger partial charge < -0.3 is 9.15 Å². The molecular formula is C19H16ClFN2O3. The average Bonchev–Trinajstić information content (AvgIpc) is 3.28. The second-order valence-corrected chi connectivity index (χ2v) is 5.86. The minimum Gasteiger partial charge on any atom is -0.484 e. The van der Waals surface area contributed by atoms with Crippen molar-refractivity contribution in [3.05, 3.63) is 76.7 Å². The zero-order chi connectivity index (χ0) is 18.5. The maximum absolute atomic E-state index is 13.0. The van der Waals surface area contributed by atoms with Gasteiger partial charge in [-0.3, -0.25) is 9.48 Å². The van der Waals surface area contributed by atoms with Gasteiger partial charge in [0.2, 0.25) is 0 Å². The molecule has 134 valence electrons. The van der Waals surface area contributed by atoms with Crippen LogP contribution in [0.4, 0.5) is 4.39 Å². The molecule has 0 spiro atoms. The number of allylic oxidation sites excluding steroid dienone is 1. The van der Waals surface area contributed by atoms with Crippen molar-refractivity contribution in [3.63, 3.8) is 0 Å². The fourth-order valence-electron chi connectivity index (χ4n) is 2.22. The molecule has 3 aromatic rings. The van der Waals surface area contributed by atoms with Crippen LogP contribution in [-0.4, -0.2) is 15.6 Å². The van der Waals surface area contributed by atoms with Gasteiger partial charge in [-0.25, -0.2) is 4.39 Å². The standard InChI is InChI=1S/C19H16ClFN2O3/c1-2-23-11-13(10-22-23)18(24)7-6-15-4-5-16(26-15)12-25-19-8-3-14(21)9-17(19)20/h3-11H,2,12H2,1H3/b7-6+. The van der Waals surface area contributed by atoms with Gasteiger partial charge in [-0.05, 0) is 49.4 Å². The number of rotatable bonds is 7. The molecule has 1 aromatic carbocycles. The van der Waals surface area contributed by atoms with Gasteiger partial charge in [0.25, 0.3) is 0 Å². The van der Waals surface area contributed by atoms with Crippen LogP contribution in [0.15, 0.2) is 53.2 Å². The summed E-state index contributed by atoms with van der Waals surface area (Å²) < 4.78 is 25.8. The van der Waals surface area contributed by atoms with E-state index in [-0.39, 0.29) is 17.4 Å². The van der Waals surface area contributed by atoms with Crippen LogP contribution in [0, 0.1) is 5.82 Å². The molecule has 0 radical (unpaired) electrons. The highest BCUT2D eigenvalue weighted by Crippen LogP contribution is 2.26. The zero-order valence-corrected chi connectivity index (χ0v) is 14.7. The molecular weight excluding hydrogens is 359 g/mol. The summed E-state index contributed by atoms with van der Waals surface area (Å²) in [5, 5.41) is 4.26. The number of aromatic nitrogens is 2. The van der Waals surface area contributed by atoms with Crippen LogP contribution in [0.3, 0.4) is 0 Å². The van der Waals surface area contributed by atoms with Crippen molar-refractivity contribution in [1.82, 2.24) is 9.78 Å². The Balaban J connectivity index is 1.59. The van der Waals surface area contributed by atoms with Gasteiger partial charge in [0.1, 0.15) is 29.7 Å². The van der Waals surface area contributed by atoms with E-state index in [1.807, 2.05) is 6.92 Å². The van der Waals surface area contributed by atoms with E-state index in [0.29, 0.717) is 29.4 Å². The van der Waals surface area contributed by atoms with E-state index in [1.54, 1.807) is 29.1 Å².